The van der Waals surface area contributed by atoms with E-state index < -0.39 is 11.8 Å². The first-order valence-electron chi connectivity index (χ1n) is 9.65. The summed E-state index contributed by atoms with van der Waals surface area (Å²) in [6.07, 6.45) is 1.37. The van der Waals surface area contributed by atoms with E-state index in [-0.39, 0.29) is 0 Å². The van der Waals surface area contributed by atoms with Gasteiger partial charge in [-0.25, -0.2) is 10.9 Å². The van der Waals surface area contributed by atoms with Gasteiger partial charge in [0.25, 0.3) is 11.8 Å². The summed E-state index contributed by atoms with van der Waals surface area (Å²) in [6, 6.07) is 22.4. The summed E-state index contributed by atoms with van der Waals surface area (Å²) in [5.74, 6) is 0.515. The zero-order valence-corrected chi connectivity index (χ0v) is 17.6. The van der Waals surface area contributed by atoms with Gasteiger partial charge in [-0.3, -0.25) is 9.59 Å². The van der Waals surface area contributed by atoms with Crippen molar-refractivity contribution in [3.05, 3.63) is 95.6 Å². The van der Waals surface area contributed by atoms with Crippen molar-refractivity contribution in [2.45, 2.75) is 0 Å². The van der Waals surface area contributed by atoms with Gasteiger partial charge in [-0.15, -0.1) is 0 Å². The largest absolute Gasteiger partial charge is 0.497 e. The highest BCUT2D eigenvalue weighted by atomic mass is 16.5. The van der Waals surface area contributed by atoms with Gasteiger partial charge >= 0.3 is 0 Å². The predicted octanol–water partition coefficient (Wildman–Crippen LogP) is 3.25. The van der Waals surface area contributed by atoms with Crippen molar-refractivity contribution in [1.29, 1.82) is 0 Å². The Balaban J connectivity index is 1.72. The lowest BCUT2D eigenvalue weighted by atomic mass is 10.1. The van der Waals surface area contributed by atoms with Crippen LogP contribution < -0.4 is 20.3 Å². The molecule has 0 radical (unpaired) electrons. The van der Waals surface area contributed by atoms with Crippen LogP contribution in [0.5, 0.6) is 11.5 Å². The fourth-order valence-corrected chi connectivity index (χ4v) is 2.65. The second-order valence-corrected chi connectivity index (χ2v) is 6.46. The molecule has 3 aromatic rings. The number of nitrogens with zero attached hydrogens (tertiary/aromatic N) is 2. The molecule has 0 atom stereocenters. The van der Waals surface area contributed by atoms with E-state index in [1.165, 1.54) is 6.21 Å². The minimum Gasteiger partial charge on any atom is -0.497 e. The molecule has 3 aromatic carbocycles. The molecule has 0 aliphatic heterocycles. The van der Waals surface area contributed by atoms with Crippen LogP contribution in [0.25, 0.3) is 0 Å². The van der Waals surface area contributed by atoms with Gasteiger partial charge in [0.1, 0.15) is 17.2 Å². The van der Waals surface area contributed by atoms with Gasteiger partial charge in [-0.05, 0) is 48.5 Å². The van der Waals surface area contributed by atoms with Crippen LogP contribution in [0, 0.1) is 0 Å². The highest BCUT2D eigenvalue weighted by molar-refractivity contribution is 6.38. The Bertz CT molecular complexity index is 1110. The minimum absolute atomic E-state index is 0.363. The zero-order valence-electron chi connectivity index (χ0n) is 17.6. The number of ether oxygens (including phenoxy) is 2. The van der Waals surface area contributed by atoms with Gasteiger partial charge in [-0.1, -0.05) is 30.3 Å². The summed E-state index contributed by atoms with van der Waals surface area (Å²) in [6.45, 7) is 0. The lowest BCUT2D eigenvalue weighted by Crippen LogP contribution is -2.22. The lowest BCUT2D eigenvalue weighted by Gasteiger charge is -2.05. The molecule has 8 heteroatoms. The summed E-state index contributed by atoms with van der Waals surface area (Å²) in [7, 11) is 3.11. The van der Waals surface area contributed by atoms with Gasteiger partial charge in [-0.2, -0.15) is 10.2 Å². The van der Waals surface area contributed by atoms with Gasteiger partial charge in [0.15, 0.2) is 0 Å². The van der Waals surface area contributed by atoms with Crippen LogP contribution in [-0.4, -0.2) is 38.0 Å². The number of amides is 2. The number of hydrazone groups is 2. The molecule has 0 spiro atoms. The highest BCUT2D eigenvalue weighted by Gasteiger charge is 2.08. The third-order valence-corrected chi connectivity index (χ3v) is 4.40. The van der Waals surface area contributed by atoms with Crippen molar-refractivity contribution in [1.82, 2.24) is 10.9 Å². The fourth-order valence-electron chi connectivity index (χ4n) is 2.65. The van der Waals surface area contributed by atoms with E-state index in [0.29, 0.717) is 33.9 Å². The predicted molar refractivity (Wildman–Crippen MR) is 122 cm³/mol. The van der Waals surface area contributed by atoms with E-state index in [1.54, 1.807) is 62.8 Å². The molecule has 0 bridgehead atoms. The van der Waals surface area contributed by atoms with Crippen LogP contribution >= 0.6 is 0 Å². The second-order valence-electron chi connectivity index (χ2n) is 6.46. The van der Waals surface area contributed by atoms with Crippen molar-refractivity contribution in [2.24, 2.45) is 10.2 Å². The maximum absolute atomic E-state index is 12.4. The van der Waals surface area contributed by atoms with Crippen molar-refractivity contribution < 1.29 is 19.1 Å². The van der Waals surface area contributed by atoms with E-state index in [4.69, 9.17) is 9.47 Å². The Morgan fingerprint density at radius 2 is 1.19 bits per heavy atom. The van der Waals surface area contributed by atoms with Crippen LogP contribution in [0.4, 0.5) is 0 Å². The quantitative estimate of drug-likeness (QED) is 0.423. The van der Waals surface area contributed by atoms with Gasteiger partial charge in [0.05, 0.1) is 20.4 Å². The molecule has 0 saturated heterocycles. The van der Waals surface area contributed by atoms with Crippen molar-refractivity contribution >= 4 is 23.7 Å². The molecule has 8 nitrogen and oxygen atoms in total. The zero-order chi connectivity index (χ0) is 22.8. The summed E-state index contributed by atoms with van der Waals surface area (Å²) in [5.41, 5.74) is 6.88. The summed E-state index contributed by atoms with van der Waals surface area (Å²) < 4.78 is 10.2. The molecule has 32 heavy (non-hydrogen) atoms. The summed E-state index contributed by atoms with van der Waals surface area (Å²) >= 11 is 0. The van der Waals surface area contributed by atoms with Crippen LogP contribution in [0.3, 0.4) is 0 Å². The third kappa shape index (κ3) is 6.02. The molecule has 2 N–H and O–H groups in total. The highest BCUT2D eigenvalue weighted by Crippen LogP contribution is 2.12. The SMILES string of the molecule is COc1ccc(C(=O)N/N=C/C(=N/NC(=O)c2ccc(OC)cc2)c2ccccc2)cc1. The molecule has 0 heterocycles. The normalized spacial score (nSPS) is 11.1. The topological polar surface area (TPSA) is 101 Å². The number of methoxy groups -OCH3 is 2. The molecule has 0 aromatic heterocycles. The van der Waals surface area contributed by atoms with E-state index in [2.05, 4.69) is 21.1 Å². The fraction of sp³-hybridized carbons (Fsp3) is 0.0833. The average molecular weight is 430 g/mol. The summed E-state index contributed by atoms with van der Waals surface area (Å²) in [5, 5.41) is 8.16. The van der Waals surface area contributed by atoms with Crippen LogP contribution in [0.2, 0.25) is 0 Å². The van der Waals surface area contributed by atoms with Crippen LogP contribution in [0.1, 0.15) is 26.3 Å². The smallest absolute Gasteiger partial charge is 0.271 e. The van der Waals surface area contributed by atoms with E-state index in [0.717, 1.165) is 0 Å². The molecule has 0 unspecified atom stereocenters. The van der Waals surface area contributed by atoms with Gasteiger partial charge in [0, 0.05) is 16.7 Å². The molecular formula is C24H22N4O4. The Labute approximate surface area is 185 Å². The standard InChI is InChI=1S/C24H22N4O4/c1-31-20-12-8-18(9-13-20)23(29)27-25-16-22(17-6-4-3-5-7-17)26-28-24(30)19-10-14-21(32-2)15-11-19/h3-16H,1-2H3,(H,27,29)(H,28,30)/b25-16+,26-22-. The Morgan fingerprint density at radius 1 is 0.688 bits per heavy atom. The molecule has 2 amide bonds. The number of hydrogen-bond acceptors (Lipinski definition) is 6. The van der Waals surface area contributed by atoms with E-state index in [1.807, 2.05) is 30.3 Å². The van der Waals surface area contributed by atoms with Crippen molar-refractivity contribution in [2.75, 3.05) is 14.2 Å². The van der Waals surface area contributed by atoms with Gasteiger partial charge < -0.3 is 9.47 Å². The molecular weight excluding hydrogens is 408 g/mol. The molecule has 0 aliphatic rings. The van der Waals surface area contributed by atoms with Crippen molar-refractivity contribution in [3.8, 4) is 11.5 Å². The number of carbonyl (C=O) groups excluding carboxylic acids is 2. The van der Waals surface area contributed by atoms with E-state index in [9.17, 15) is 9.59 Å². The number of carbonyl (C=O) groups is 2. The summed E-state index contributed by atoms with van der Waals surface area (Å²) in [4.78, 5) is 24.7. The van der Waals surface area contributed by atoms with Gasteiger partial charge in [0.2, 0.25) is 0 Å². The number of rotatable bonds is 8. The second kappa shape index (κ2) is 11.1. The Kier molecular flexibility index (Phi) is 7.69. The number of nitrogens with one attached hydrogen (secondary N) is 2. The number of hydrogen-bond donors (Lipinski definition) is 2. The molecule has 162 valence electrons. The first kappa shape index (κ1) is 22.2. The average Bonchev–Trinajstić information content (AvgIpc) is 2.86. The third-order valence-electron chi connectivity index (χ3n) is 4.40. The molecule has 3 rings (SSSR count). The van der Waals surface area contributed by atoms with Crippen LogP contribution in [0.15, 0.2) is 89.1 Å². The maximum Gasteiger partial charge on any atom is 0.271 e. The number of benzene rings is 3. The first-order valence-corrected chi connectivity index (χ1v) is 9.65. The van der Waals surface area contributed by atoms with Crippen LogP contribution in [-0.2, 0) is 0 Å². The minimum atomic E-state index is -0.392. The maximum atomic E-state index is 12.4. The van der Waals surface area contributed by atoms with E-state index >= 15 is 0 Å². The molecule has 0 aliphatic carbocycles. The lowest BCUT2D eigenvalue weighted by molar-refractivity contribution is 0.0946. The molecule has 0 saturated carbocycles. The monoisotopic (exact) mass is 430 g/mol. The molecule has 0 fully saturated rings. The Morgan fingerprint density at radius 3 is 1.69 bits per heavy atom. The van der Waals surface area contributed by atoms with Crippen molar-refractivity contribution in [3.63, 3.8) is 0 Å². The Hall–Kier alpha value is -4.46. The first-order chi connectivity index (χ1) is 15.6.